The number of aromatic nitrogens is 1. The second kappa shape index (κ2) is 4.03. The molecule has 2 heterocycles. The summed E-state index contributed by atoms with van der Waals surface area (Å²) in [6, 6.07) is 9.72. The van der Waals surface area contributed by atoms with Crippen molar-refractivity contribution in [3.05, 3.63) is 51.4 Å². The van der Waals surface area contributed by atoms with Gasteiger partial charge in [0.2, 0.25) is 0 Å². The van der Waals surface area contributed by atoms with Crippen LogP contribution in [0.3, 0.4) is 0 Å². The fraction of sp³-hybridized carbons (Fsp3) is 0. The minimum atomic E-state index is -0.0429. The normalized spacial score (nSPS) is 16.1. The maximum Gasteiger partial charge on any atom is 0.256 e. The van der Waals surface area contributed by atoms with Gasteiger partial charge in [-0.3, -0.25) is 4.79 Å². The van der Waals surface area contributed by atoms with E-state index in [4.69, 9.17) is 0 Å². The third-order valence-electron chi connectivity index (χ3n) is 2.70. The van der Waals surface area contributed by atoms with Crippen molar-refractivity contribution in [2.24, 2.45) is 0 Å². The Bertz CT molecular complexity index is 614. The molecule has 1 aliphatic rings. The summed E-state index contributed by atoms with van der Waals surface area (Å²) in [5.41, 5.74) is 3.53. The molecule has 1 amide bonds. The largest absolute Gasteiger partial charge is 0.362 e. The summed E-state index contributed by atoms with van der Waals surface area (Å²) in [6.45, 7) is 0. The first-order valence-electron chi connectivity index (χ1n) is 5.21. The van der Waals surface area contributed by atoms with Gasteiger partial charge in [0, 0.05) is 21.0 Å². The molecule has 0 saturated heterocycles. The van der Waals surface area contributed by atoms with E-state index in [1.54, 1.807) is 0 Å². The van der Waals surface area contributed by atoms with Crippen LogP contribution in [0.25, 0.3) is 11.6 Å². The fourth-order valence-electron chi connectivity index (χ4n) is 1.93. The number of rotatable bonds is 1. The minimum absolute atomic E-state index is 0.0429. The van der Waals surface area contributed by atoms with Gasteiger partial charge in [-0.1, -0.05) is 6.07 Å². The molecule has 0 spiro atoms. The average Bonchev–Trinajstić information content (AvgIpc) is 2.89. The Morgan fingerprint density at radius 1 is 1.18 bits per heavy atom. The molecule has 0 atom stereocenters. The smallest absolute Gasteiger partial charge is 0.256 e. The molecule has 17 heavy (non-hydrogen) atoms. The number of anilines is 1. The first-order valence-corrected chi connectivity index (χ1v) is 6.29. The van der Waals surface area contributed by atoms with Gasteiger partial charge in [0.1, 0.15) is 0 Å². The van der Waals surface area contributed by atoms with Crippen molar-refractivity contribution in [3.63, 3.8) is 0 Å². The first-order chi connectivity index (χ1) is 8.25. The number of halogens is 1. The molecule has 0 aliphatic carbocycles. The Hall–Kier alpha value is -1.56. The Balaban J connectivity index is 2.17. The van der Waals surface area contributed by atoms with E-state index in [2.05, 4.69) is 32.9 Å². The van der Waals surface area contributed by atoms with Crippen LogP contribution < -0.4 is 5.32 Å². The molecule has 3 nitrogen and oxygen atoms in total. The average molecular weight is 336 g/mol. The van der Waals surface area contributed by atoms with E-state index in [1.165, 1.54) is 0 Å². The number of hydrogen-bond donors (Lipinski definition) is 2. The summed E-state index contributed by atoms with van der Waals surface area (Å²) in [5.74, 6) is -0.0429. The van der Waals surface area contributed by atoms with Crippen LogP contribution in [0.5, 0.6) is 0 Å². The Kier molecular flexibility index (Phi) is 2.51. The van der Waals surface area contributed by atoms with Gasteiger partial charge in [-0.2, -0.15) is 0 Å². The summed E-state index contributed by atoms with van der Waals surface area (Å²) in [5, 5.41) is 2.87. The quantitative estimate of drug-likeness (QED) is 0.610. The standard InChI is InChI=1S/C13H9IN2O/c14-10-4-1-5-11-12(10)9(13(17)16-11)7-8-3-2-6-15-8/h1-7,15H,(H,16,17)/b9-7-. The second-order valence-electron chi connectivity index (χ2n) is 3.80. The molecule has 84 valence electrons. The van der Waals surface area contributed by atoms with E-state index in [9.17, 15) is 4.79 Å². The van der Waals surface area contributed by atoms with Gasteiger partial charge in [0.05, 0.1) is 11.3 Å². The summed E-state index contributed by atoms with van der Waals surface area (Å²) >= 11 is 2.25. The van der Waals surface area contributed by atoms with E-state index < -0.39 is 0 Å². The molecular formula is C13H9IN2O. The Labute approximate surface area is 112 Å². The SMILES string of the molecule is O=C1Nc2cccc(I)c2/C1=C/c1ccc[nH]1. The highest BCUT2D eigenvalue weighted by atomic mass is 127. The van der Waals surface area contributed by atoms with E-state index in [1.807, 2.05) is 42.6 Å². The van der Waals surface area contributed by atoms with Gasteiger partial charge in [0.15, 0.2) is 0 Å². The number of amides is 1. The molecule has 0 fully saturated rings. The van der Waals surface area contributed by atoms with Crippen molar-refractivity contribution < 1.29 is 4.79 Å². The van der Waals surface area contributed by atoms with Gasteiger partial charge in [-0.15, -0.1) is 0 Å². The van der Waals surface area contributed by atoms with Crippen molar-refractivity contribution in [2.45, 2.75) is 0 Å². The van der Waals surface area contributed by atoms with Crippen LogP contribution in [-0.2, 0) is 4.79 Å². The number of hydrogen-bond acceptors (Lipinski definition) is 1. The van der Waals surface area contributed by atoms with Gasteiger partial charge in [0.25, 0.3) is 5.91 Å². The zero-order chi connectivity index (χ0) is 11.8. The summed E-state index contributed by atoms with van der Waals surface area (Å²) in [7, 11) is 0. The third-order valence-corrected chi connectivity index (χ3v) is 3.60. The lowest BCUT2D eigenvalue weighted by atomic mass is 10.1. The summed E-state index contributed by atoms with van der Waals surface area (Å²) < 4.78 is 1.08. The van der Waals surface area contributed by atoms with Crippen LogP contribution in [0.4, 0.5) is 5.69 Å². The maximum absolute atomic E-state index is 11.9. The highest BCUT2D eigenvalue weighted by molar-refractivity contribution is 14.1. The van der Waals surface area contributed by atoms with Crippen LogP contribution in [0.15, 0.2) is 36.5 Å². The number of H-pyrrole nitrogens is 1. The van der Waals surface area contributed by atoms with Crippen LogP contribution in [-0.4, -0.2) is 10.9 Å². The third kappa shape index (κ3) is 1.78. The van der Waals surface area contributed by atoms with Crippen molar-refractivity contribution in [3.8, 4) is 0 Å². The van der Waals surface area contributed by atoms with E-state index >= 15 is 0 Å². The number of nitrogens with one attached hydrogen (secondary N) is 2. The molecule has 0 radical (unpaired) electrons. The Morgan fingerprint density at radius 2 is 2.06 bits per heavy atom. The van der Waals surface area contributed by atoms with E-state index in [0.717, 1.165) is 20.5 Å². The lowest BCUT2D eigenvalue weighted by Crippen LogP contribution is -2.03. The first kappa shape index (κ1) is 10.6. The molecule has 1 aromatic heterocycles. The fourth-order valence-corrected chi connectivity index (χ4v) is 2.72. The van der Waals surface area contributed by atoms with Crippen molar-refractivity contribution in [1.82, 2.24) is 4.98 Å². The second-order valence-corrected chi connectivity index (χ2v) is 4.96. The molecule has 2 aromatic rings. The van der Waals surface area contributed by atoms with Gasteiger partial charge in [-0.25, -0.2) is 0 Å². The molecule has 1 aliphatic heterocycles. The predicted molar refractivity (Wildman–Crippen MR) is 76.5 cm³/mol. The number of carbonyl (C=O) groups is 1. The molecule has 2 N–H and O–H groups in total. The van der Waals surface area contributed by atoms with Crippen LogP contribution in [0.2, 0.25) is 0 Å². The molecule has 0 bridgehead atoms. The number of fused-ring (bicyclic) bond motifs is 1. The van der Waals surface area contributed by atoms with Crippen molar-refractivity contribution in [1.29, 1.82) is 0 Å². The van der Waals surface area contributed by atoms with Gasteiger partial charge >= 0.3 is 0 Å². The van der Waals surface area contributed by atoms with Gasteiger partial charge in [-0.05, 0) is 52.9 Å². The van der Waals surface area contributed by atoms with Crippen molar-refractivity contribution >= 4 is 45.8 Å². The van der Waals surface area contributed by atoms with Gasteiger partial charge < -0.3 is 10.3 Å². The molecule has 0 unspecified atom stereocenters. The number of carbonyl (C=O) groups excluding carboxylic acids is 1. The molecule has 0 saturated carbocycles. The highest BCUT2D eigenvalue weighted by Gasteiger charge is 2.25. The monoisotopic (exact) mass is 336 g/mol. The van der Waals surface area contributed by atoms with Crippen LogP contribution in [0, 0.1) is 3.57 Å². The number of aromatic amines is 1. The van der Waals surface area contributed by atoms with Crippen molar-refractivity contribution in [2.75, 3.05) is 5.32 Å². The number of benzene rings is 1. The van der Waals surface area contributed by atoms with E-state index in [0.29, 0.717) is 5.57 Å². The highest BCUT2D eigenvalue weighted by Crippen LogP contribution is 2.36. The van der Waals surface area contributed by atoms with Crippen LogP contribution >= 0.6 is 22.6 Å². The zero-order valence-corrected chi connectivity index (χ0v) is 11.0. The van der Waals surface area contributed by atoms with Crippen LogP contribution in [0.1, 0.15) is 11.3 Å². The maximum atomic E-state index is 11.9. The summed E-state index contributed by atoms with van der Waals surface area (Å²) in [6.07, 6.45) is 3.72. The molecule has 3 rings (SSSR count). The predicted octanol–water partition coefficient (Wildman–Crippen LogP) is 3.11. The summed E-state index contributed by atoms with van der Waals surface area (Å²) in [4.78, 5) is 15.0. The lowest BCUT2D eigenvalue weighted by Gasteiger charge is -2.00. The zero-order valence-electron chi connectivity index (χ0n) is 8.83. The molecule has 4 heteroatoms. The lowest BCUT2D eigenvalue weighted by molar-refractivity contribution is -0.110. The Morgan fingerprint density at radius 3 is 2.82 bits per heavy atom. The molecule has 1 aromatic carbocycles. The topological polar surface area (TPSA) is 44.9 Å². The minimum Gasteiger partial charge on any atom is -0.362 e. The van der Waals surface area contributed by atoms with E-state index in [-0.39, 0.29) is 5.91 Å². The molecular weight excluding hydrogens is 327 g/mol.